The molecule has 0 aliphatic rings. The second-order valence-electron chi connectivity index (χ2n) is 2.42. The van der Waals surface area contributed by atoms with Crippen LogP contribution < -0.4 is 4.74 Å². The highest BCUT2D eigenvalue weighted by atomic mass is 32.1. The van der Waals surface area contributed by atoms with Gasteiger partial charge in [0.05, 0.1) is 12.8 Å². The van der Waals surface area contributed by atoms with Crippen LogP contribution in [0.1, 0.15) is 12.1 Å². The van der Waals surface area contributed by atoms with Crippen LogP contribution >= 0.6 is 12.6 Å². The molecule has 0 fully saturated rings. The van der Waals surface area contributed by atoms with E-state index < -0.39 is 0 Å². The van der Waals surface area contributed by atoms with E-state index in [4.69, 9.17) is 4.74 Å². The van der Waals surface area contributed by atoms with E-state index in [0.29, 0.717) is 5.88 Å². The van der Waals surface area contributed by atoms with Gasteiger partial charge in [0.15, 0.2) is 0 Å². The number of rotatable bonds is 4. The van der Waals surface area contributed by atoms with Crippen LogP contribution in [0.2, 0.25) is 0 Å². The predicted octanol–water partition coefficient (Wildman–Crippen LogP) is 1.82. The highest BCUT2D eigenvalue weighted by molar-refractivity contribution is 7.80. The van der Waals surface area contributed by atoms with Gasteiger partial charge in [0, 0.05) is 6.07 Å². The first-order valence-corrected chi connectivity index (χ1v) is 4.65. The Labute approximate surface area is 83.2 Å². The average Bonchev–Trinajstić information content (AvgIpc) is 2.19. The summed E-state index contributed by atoms with van der Waals surface area (Å²) in [5.74, 6) is 1.38. The number of aromatic nitrogens is 2. The molecule has 1 heterocycles. The van der Waals surface area contributed by atoms with Gasteiger partial charge < -0.3 is 4.74 Å². The zero-order valence-corrected chi connectivity index (χ0v) is 8.37. The first-order chi connectivity index (χ1) is 6.36. The Balaban J connectivity index is 2.58. The van der Waals surface area contributed by atoms with E-state index in [1.54, 1.807) is 13.2 Å². The Morgan fingerprint density at radius 1 is 1.46 bits per heavy atom. The number of ether oxygens (including phenoxy) is 1. The van der Waals surface area contributed by atoms with Crippen LogP contribution in [-0.2, 0) is 0 Å². The van der Waals surface area contributed by atoms with E-state index in [1.165, 1.54) is 0 Å². The van der Waals surface area contributed by atoms with Crippen molar-refractivity contribution >= 4 is 18.7 Å². The molecule has 4 heteroatoms. The molecule has 0 saturated heterocycles. The molecule has 3 nitrogen and oxygen atoms in total. The van der Waals surface area contributed by atoms with Crippen LogP contribution in [0.25, 0.3) is 6.08 Å². The topological polar surface area (TPSA) is 35.0 Å². The SMILES string of the molecule is COc1ccc(C=CCCS)nn1. The summed E-state index contributed by atoms with van der Waals surface area (Å²) in [7, 11) is 1.57. The third-order valence-electron chi connectivity index (χ3n) is 1.45. The van der Waals surface area contributed by atoms with Crippen molar-refractivity contribution in [3.8, 4) is 5.88 Å². The largest absolute Gasteiger partial charge is 0.480 e. The van der Waals surface area contributed by atoms with Crippen molar-refractivity contribution in [1.82, 2.24) is 10.2 Å². The van der Waals surface area contributed by atoms with Crippen LogP contribution in [0.4, 0.5) is 0 Å². The minimum absolute atomic E-state index is 0.534. The van der Waals surface area contributed by atoms with Crippen LogP contribution in [0.5, 0.6) is 5.88 Å². The van der Waals surface area contributed by atoms with Crippen molar-refractivity contribution in [1.29, 1.82) is 0 Å². The van der Waals surface area contributed by atoms with Crippen molar-refractivity contribution in [2.75, 3.05) is 12.9 Å². The molecule has 0 aliphatic heterocycles. The van der Waals surface area contributed by atoms with Gasteiger partial charge in [-0.2, -0.15) is 12.6 Å². The first kappa shape index (κ1) is 10.1. The van der Waals surface area contributed by atoms with Gasteiger partial charge in [-0.15, -0.1) is 10.2 Å². The lowest BCUT2D eigenvalue weighted by molar-refractivity contribution is 0.392. The van der Waals surface area contributed by atoms with Gasteiger partial charge in [-0.05, 0) is 24.3 Å². The average molecular weight is 196 g/mol. The predicted molar refractivity (Wildman–Crippen MR) is 56.1 cm³/mol. The number of hydrogen-bond acceptors (Lipinski definition) is 4. The number of nitrogens with zero attached hydrogens (tertiary/aromatic N) is 2. The summed E-state index contributed by atoms with van der Waals surface area (Å²) < 4.78 is 4.88. The third-order valence-corrected chi connectivity index (χ3v) is 1.71. The van der Waals surface area contributed by atoms with Crippen molar-refractivity contribution in [3.05, 3.63) is 23.9 Å². The van der Waals surface area contributed by atoms with E-state index in [2.05, 4.69) is 22.8 Å². The fourth-order valence-electron chi connectivity index (χ4n) is 0.807. The van der Waals surface area contributed by atoms with E-state index in [0.717, 1.165) is 17.9 Å². The number of methoxy groups -OCH3 is 1. The normalized spacial score (nSPS) is 10.6. The van der Waals surface area contributed by atoms with Gasteiger partial charge >= 0.3 is 0 Å². The summed E-state index contributed by atoms with van der Waals surface area (Å²) in [6, 6.07) is 3.65. The van der Waals surface area contributed by atoms with Crippen LogP contribution in [-0.4, -0.2) is 23.1 Å². The summed E-state index contributed by atoms with van der Waals surface area (Å²) in [6.07, 6.45) is 4.88. The van der Waals surface area contributed by atoms with Crippen molar-refractivity contribution in [2.45, 2.75) is 6.42 Å². The molecule has 0 atom stereocenters. The molecule has 0 saturated carbocycles. The van der Waals surface area contributed by atoms with Gasteiger partial charge in [-0.25, -0.2) is 0 Å². The second kappa shape index (κ2) is 5.59. The minimum atomic E-state index is 0.534. The number of hydrogen-bond donors (Lipinski definition) is 1. The minimum Gasteiger partial charge on any atom is -0.480 e. The van der Waals surface area contributed by atoms with E-state index in [-0.39, 0.29) is 0 Å². The summed E-state index contributed by atoms with van der Waals surface area (Å²) in [5.41, 5.74) is 0.836. The van der Waals surface area contributed by atoms with Crippen molar-refractivity contribution in [3.63, 3.8) is 0 Å². The Morgan fingerprint density at radius 3 is 2.85 bits per heavy atom. The Kier molecular flexibility index (Phi) is 4.32. The Bertz CT molecular complexity index is 271. The molecule has 0 aromatic carbocycles. The van der Waals surface area contributed by atoms with Gasteiger partial charge in [0.2, 0.25) is 5.88 Å². The first-order valence-electron chi connectivity index (χ1n) is 4.02. The molecule has 13 heavy (non-hydrogen) atoms. The molecule has 0 unspecified atom stereocenters. The summed E-state index contributed by atoms with van der Waals surface area (Å²) in [4.78, 5) is 0. The molecule has 0 N–H and O–H groups in total. The lowest BCUT2D eigenvalue weighted by atomic mass is 10.3. The molecule has 0 amide bonds. The molecule has 1 aromatic rings. The zero-order valence-electron chi connectivity index (χ0n) is 7.47. The molecule has 0 bridgehead atoms. The molecule has 0 radical (unpaired) electrons. The second-order valence-corrected chi connectivity index (χ2v) is 2.86. The van der Waals surface area contributed by atoms with Crippen LogP contribution in [0, 0.1) is 0 Å². The van der Waals surface area contributed by atoms with Gasteiger partial charge in [0.25, 0.3) is 0 Å². The summed E-state index contributed by atoms with van der Waals surface area (Å²) in [5, 5.41) is 7.77. The summed E-state index contributed by atoms with van der Waals surface area (Å²) in [6.45, 7) is 0. The van der Waals surface area contributed by atoms with Gasteiger partial charge in [0.1, 0.15) is 0 Å². The van der Waals surface area contributed by atoms with E-state index in [9.17, 15) is 0 Å². The Hall–Kier alpha value is -1.03. The molecular formula is C9H12N2OS. The summed E-state index contributed by atoms with van der Waals surface area (Å²) >= 11 is 4.09. The van der Waals surface area contributed by atoms with Crippen molar-refractivity contribution < 1.29 is 4.74 Å². The molecule has 1 rings (SSSR count). The highest BCUT2D eigenvalue weighted by Gasteiger charge is 1.92. The van der Waals surface area contributed by atoms with Crippen molar-refractivity contribution in [2.24, 2.45) is 0 Å². The molecular weight excluding hydrogens is 184 g/mol. The fraction of sp³-hybridized carbons (Fsp3) is 0.333. The van der Waals surface area contributed by atoms with E-state index in [1.807, 2.05) is 18.2 Å². The zero-order chi connectivity index (χ0) is 9.52. The maximum atomic E-state index is 4.88. The number of thiol groups is 1. The maximum Gasteiger partial charge on any atom is 0.233 e. The lowest BCUT2D eigenvalue weighted by Gasteiger charge is -1.95. The molecule has 70 valence electrons. The van der Waals surface area contributed by atoms with Gasteiger partial charge in [-0.1, -0.05) is 6.08 Å². The van der Waals surface area contributed by atoms with Crippen LogP contribution in [0.15, 0.2) is 18.2 Å². The molecule has 0 aliphatic carbocycles. The molecule has 0 spiro atoms. The highest BCUT2D eigenvalue weighted by Crippen LogP contribution is 2.05. The third kappa shape index (κ3) is 3.46. The van der Waals surface area contributed by atoms with Gasteiger partial charge in [-0.3, -0.25) is 0 Å². The smallest absolute Gasteiger partial charge is 0.233 e. The maximum absolute atomic E-state index is 4.88. The quantitative estimate of drug-likeness (QED) is 0.746. The van der Waals surface area contributed by atoms with Crippen LogP contribution in [0.3, 0.4) is 0 Å². The fourth-order valence-corrected chi connectivity index (χ4v) is 0.956. The standard InChI is InChI=1S/C9H12N2OS/c1-12-9-6-5-8(10-11-9)4-2-3-7-13/h2,4-6,13H,3,7H2,1H3. The molecule has 1 aromatic heterocycles. The monoisotopic (exact) mass is 196 g/mol. The Morgan fingerprint density at radius 2 is 2.31 bits per heavy atom. The number of allylic oxidation sites excluding steroid dienone is 1. The van der Waals surface area contributed by atoms with E-state index >= 15 is 0 Å². The lowest BCUT2D eigenvalue weighted by Crippen LogP contribution is -1.91.